The van der Waals surface area contributed by atoms with E-state index in [4.69, 9.17) is 5.26 Å². The van der Waals surface area contributed by atoms with Crippen LogP contribution >= 0.6 is 12.4 Å². The molecule has 1 nitrogen and oxygen atoms in total. The number of rotatable bonds is 0. The van der Waals surface area contributed by atoms with Crippen LogP contribution in [0, 0.1) is 11.6 Å². The van der Waals surface area contributed by atoms with E-state index in [0.29, 0.717) is 0 Å². The summed E-state index contributed by atoms with van der Waals surface area (Å²) >= 11 is 0. The molecule has 0 rings (SSSR count). The predicted octanol–water partition coefficient (Wildman–Crippen LogP) is 0.859. The van der Waals surface area contributed by atoms with Gasteiger partial charge in [0.05, 0.1) is 0 Å². The first-order chi connectivity index (χ1) is 1.41. The van der Waals surface area contributed by atoms with Crippen molar-refractivity contribution in [3.8, 4) is 6.32 Å². The second kappa shape index (κ2) is 15.7. The molecule has 0 N–H and O–H groups in total. The molecule has 0 aromatic rings. The van der Waals surface area contributed by atoms with Gasteiger partial charge >= 0.3 is 0 Å². The van der Waals surface area contributed by atoms with Crippen LogP contribution < -0.4 is 0 Å². The third-order valence-corrected chi connectivity index (χ3v) is 0. The van der Waals surface area contributed by atoms with Crippen LogP contribution in [0.25, 0.3) is 0 Å². The zero-order valence-electron chi connectivity index (χ0n) is 1.73. The van der Waals surface area contributed by atoms with Crippen molar-refractivity contribution in [2.75, 3.05) is 0 Å². The molecule has 0 aromatic heterocycles. The molecule has 0 aliphatic heterocycles. The van der Waals surface area contributed by atoms with Crippen LogP contribution in [0.15, 0.2) is 0 Å². The molecule has 0 aliphatic carbocycles. The van der Waals surface area contributed by atoms with E-state index in [2.05, 4.69) is 0 Å². The monoisotopic (exact) mass is 81.0 g/mol. The number of nitriles is 1. The minimum absolute atomic E-state index is 0. The Bertz CT molecular complexity index is 29.5. The van der Waals surface area contributed by atoms with Crippen molar-refractivity contribution in [1.29, 1.82) is 5.26 Å². The van der Waals surface area contributed by atoms with Gasteiger partial charge in [-0.3, -0.25) is 0 Å². The second-order valence-electron chi connectivity index (χ2n) is 0.0845. The first-order valence-electron chi connectivity index (χ1n) is 0.413. The molecule has 0 saturated heterocycles. The third kappa shape index (κ3) is 10.2. The van der Waals surface area contributed by atoms with Gasteiger partial charge in [0.25, 0.3) is 6.32 Å². The smallest absolute Gasteiger partial charge is 0.159 e. The molecule has 0 radical (unpaired) electrons. The van der Waals surface area contributed by atoms with Gasteiger partial charge in [-0.2, -0.15) is 5.26 Å². The zero-order chi connectivity index (χ0) is 2.71. The van der Waals surface area contributed by atoms with E-state index in [1.165, 1.54) is 0 Å². The lowest BCUT2D eigenvalue weighted by molar-refractivity contribution is 0.751. The number of hydrogen-bond acceptors (Lipinski definition) is 1. The number of hydrogen-bond donors (Lipinski definition) is 0. The van der Waals surface area contributed by atoms with E-state index < -0.39 is 0 Å². The molecule has 24 valence electrons. The minimum Gasteiger partial charge on any atom is -0.159 e. The Morgan fingerprint density at radius 2 is 1.75 bits per heavy atom. The molecule has 0 atom stereocenters. The summed E-state index contributed by atoms with van der Waals surface area (Å²) in [6, 6.07) is 0. The summed E-state index contributed by atoms with van der Waals surface area (Å²) in [5.74, 6) is 0. The van der Waals surface area contributed by atoms with E-state index in [9.17, 15) is 4.39 Å². The van der Waals surface area contributed by atoms with Crippen molar-refractivity contribution < 1.29 is 4.39 Å². The Balaban J connectivity index is 0. The number of nitrogens with zero attached hydrogens (tertiary/aromatic N) is 1. The van der Waals surface area contributed by atoms with Crippen molar-refractivity contribution in [2.24, 2.45) is 0 Å². The number of halogens is 2. The summed E-state index contributed by atoms with van der Waals surface area (Å²) in [5, 5.41) is 6.65. The molecule has 0 spiro atoms. The van der Waals surface area contributed by atoms with Crippen molar-refractivity contribution >= 4 is 12.4 Å². The Morgan fingerprint density at radius 1 is 1.75 bits per heavy atom. The van der Waals surface area contributed by atoms with Crippen LogP contribution in [0.1, 0.15) is 0 Å². The predicted molar refractivity (Wildman–Crippen MR) is 14.0 cm³/mol. The molecule has 0 bridgehead atoms. The molecule has 0 amide bonds. The highest BCUT2D eigenvalue weighted by Crippen LogP contribution is 1.34. The quantitative estimate of drug-likeness (QED) is 0.424. The highest BCUT2D eigenvalue weighted by molar-refractivity contribution is 5.85. The summed E-state index contributed by atoms with van der Waals surface area (Å²) < 4.78 is 9.60. The third-order valence-electron chi connectivity index (χ3n) is 0. The lowest BCUT2D eigenvalue weighted by Gasteiger charge is -1.10. The van der Waals surface area contributed by atoms with Crippen molar-refractivity contribution in [3.05, 3.63) is 0 Å². The van der Waals surface area contributed by atoms with Gasteiger partial charge in [-0.05, 0) is 0 Å². The molecular formula is CHClFN. The molecular weight excluding hydrogens is 80.5 g/mol. The average molecular weight is 81.5 g/mol. The highest BCUT2D eigenvalue weighted by atomic mass is 35.5. The van der Waals surface area contributed by atoms with Gasteiger partial charge in [-0.15, -0.1) is 16.8 Å². The topological polar surface area (TPSA) is 23.8 Å². The average Bonchev–Trinajstić information content (AvgIpc) is 0.918. The maximum atomic E-state index is 9.60. The molecule has 0 fully saturated rings. The van der Waals surface area contributed by atoms with Crippen LogP contribution in [0.3, 0.4) is 0 Å². The first-order valence-corrected chi connectivity index (χ1v) is 0.413. The fourth-order valence-corrected chi connectivity index (χ4v) is 0. The van der Waals surface area contributed by atoms with Gasteiger partial charge in [0.15, 0.2) is 0 Å². The van der Waals surface area contributed by atoms with Crippen molar-refractivity contribution in [2.45, 2.75) is 0 Å². The van der Waals surface area contributed by atoms with Gasteiger partial charge in [-0.1, -0.05) is 0 Å². The largest absolute Gasteiger partial charge is 0.273 e. The summed E-state index contributed by atoms with van der Waals surface area (Å²) in [5.41, 5.74) is 0. The van der Waals surface area contributed by atoms with Crippen LogP contribution in [0.5, 0.6) is 0 Å². The SMILES string of the molecule is Cl.N#CF. The molecule has 0 heterocycles. The molecule has 3 heteroatoms. The lowest BCUT2D eigenvalue weighted by atomic mass is 11.7. The highest BCUT2D eigenvalue weighted by Gasteiger charge is 1.25. The van der Waals surface area contributed by atoms with Gasteiger partial charge in [-0.25, -0.2) is 0 Å². The van der Waals surface area contributed by atoms with E-state index in [1.54, 1.807) is 0 Å². The van der Waals surface area contributed by atoms with Crippen molar-refractivity contribution in [3.63, 3.8) is 0 Å². The molecule has 4 heavy (non-hydrogen) atoms. The standard InChI is InChI=1S/CFN.ClH/c2-1-3;/h;1H. The molecule has 0 unspecified atom stereocenters. The zero-order valence-corrected chi connectivity index (χ0v) is 2.55. The normalized spacial score (nSPS) is 2.00. The van der Waals surface area contributed by atoms with Gasteiger partial charge < -0.3 is 0 Å². The van der Waals surface area contributed by atoms with Gasteiger partial charge in [0, 0.05) is 0 Å². The summed E-state index contributed by atoms with van der Waals surface area (Å²) in [7, 11) is 0. The van der Waals surface area contributed by atoms with Crippen LogP contribution in [-0.2, 0) is 0 Å². The van der Waals surface area contributed by atoms with E-state index in [1.807, 2.05) is 0 Å². The Kier molecular flexibility index (Phi) is 36.6. The van der Waals surface area contributed by atoms with E-state index in [0.717, 1.165) is 0 Å². The summed E-state index contributed by atoms with van der Waals surface area (Å²) in [6.07, 6.45) is 0.250. The van der Waals surface area contributed by atoms with Crippen LogP contribution in [0.4, 0.5) is 4.39 Å². The van der Waals surface area contributed by atoms with E-state index in [-0.39, 0.29) is 18.7 Å². The minimum atomic E-state index is 0. The fourth-order valence-electron chi connectivity index (χ4n) is 0. The fraction of sp³-hybridized carbons (Fsp3) is 0. The van der Waals surface area contributed by atoms with Crippen LogP contribution in [0.2, 0.25) is 0 Å². The Morgan fingerprint density at radius 3 is 1.75 bits per heavy atom. The Labute approximate surface area is 29.5 Å². The van der Waals surface area contributed by atoms with E-state index >= 15 is 0 Å². The summed E-state index contributed by atoms with van der Waals surface area (Å²) in [6.45, 7) is 0. The Hall–Kier alpha value is -0.290. The molecule has 0 saturated carbocycles. The maximum Gasteiger partial charge on any atom is 0.273 e. The van der Waals surface area contributed by atoms with Crippen molar-refractivity contribution in [1.82, 2.24) is 0 Å². The molecule has 0 aromatic carbocycles. The van der Waals surface area contributed by atoms with Crippen LogP contribution in [-0.4, -0.2) is 0 Å². The maximum absolute atomic E-state index is 9.60. The lowest BCUT2D eigenvalue weighted by Crippen LogP contribution is -1.02. The second-order valence-corrected chi connectivity index (χ2v) is 0.0845. The first kappa shape index (κ1) is 9.32. The summed E-state index contributed by atoms with van der Waals surface area (Å²) in [4.78, 5) is 0. The van der Waals surface area contributed by atoms with Gasteiger partial charge in [0.2, 0.25) is 0 Å². The molecule has 0 aliphatic rings. The van der Waals surface area contributed by atoms with Gasteiger partial charge in [0.1, 0.15) is 0 Å².